The maximum Gasteiger partial charge on any atom is 0.337 e. The van der Waals surface area contributed by atoms with Crippen LogP contribution < -0.4 is 11.3 Å². The summed E-state index contributed by atoms with van der Waals surface area (Å²) in [6.07, 6.45) is 2.82. The molecule has 4 aromatic rings. The van der Waals surface area contributed by atoms with Gasteiger partial charge in [-0.15, -0.1) is 11.3 Å². The summed E-state index contributed by atoms with van der Waals surface area (Å²) < 4.78 is 0. The van der Waals surface area contributed by atoms with E-state index in [1.54, 1.807) is 11.3 Å². The summed E-state index contributed by atoms with van der Waals surface area (Å²) in [4.78, 5) is 14.5. The molecule has 0 spiro atoms. The lowest BCUT2D eigenvalue weighted by Crippen LogP contribution is -2.22. The third-order valence-corrected chi connectivity index (χ3v) is 8.04. The van der Waals surface area contributed by atoms with Gasteiger partial charge in [0.15, 0.2) is 0 Å². The highest BCUT2D eigenvalue weighted by Crippen LogP contribution is 2.46. The second kappa shape index (κ2) is 8.41. The fourth-order valence-corrected chi connectivity index (χ4v) is 6.33. The smallest absolute Gasteiger partial charge is 0.337 e. The molecule has 0 atom stereocenters. The molecule has 4 nitrogen and oxygen atoms in total. The Bertz CT molecular complexity index is 1370. The van der Waals surface area contributed by atoms with E-state index in [1.807, 2.05) is 12.1 Å². The number of nitrogens with two attached hydrogens (primary N) is 1. The van der Waals surface area contributed by atoms with Gasteiger partial charge < -0.3 is 5.11 Å². The number of benzene rings is 3. The second-order valence-corrected chi connectivity index (χ2v) is 10.8. The van der Waals surface area contributed by atoms with Crippen molar-refractivity contribution >= 4 is 28.1 Å². The second-order valence-electron chi connectivity index (χ2n) is 9.67. The Morgan fingerprint density at radius 2 is 1.79 bits per heavy atom. The number of fused-ring (bicyclic) bond motifs is 2. The summed E-state index contributed by atoms with van der Waals surface area (Å²) in [7, 11) is 0. The van der Waals surface area contributed by atoms with Crippen LogP contribution in [0.3, 0.4) is 0 Å². The number of hydrogen-bond acceptors (Lipinski definition) is 4. The van der Waals surface area contributed by atoms with Gasteiger partial charge in [-0.1, -0.05) is 62.4 Å². The topological polar surface area (TPSA) is 75.3 Å². The van der Waals surface area contributed by atoms with Crippen LogP contribution in [0, 0.1) is 5.41 Å². The van der Waals surface area contributed by atoms with Gasteiger partial charge in [-0.05, 0) is 75.4 Å². The fraction of sp³-hybridized carbons (Fsp3) is 0.250. The molecule has 0 saturated carbocycles. The molecule has 0 unspecified atom stereocenters. The monoisotopic (exact) mass is 456 g/mol. The van der Waals surface area contributed by atoms with Crippen molar-refractivity contribution in [1.82, 2.24) is 5.43 Å². The van der Waals surface area contributed by atoms with Crippen molar-refractivity contribution < 1.29 is 9.90 Å². The SMILES string of the molecule is CC1(C)CCc2sc(-c3ccc(-c4ccc5ccccc5c4)cc3CNN)c(C(=O)O)c2C1. The van der Waals surface area contributed by atoms with E-state index in [9.17, 15) is 9.90 Å². The summed E-state index contributed by atoms with van der Waals surface area (Å²) in [5, 5.41) is 12.6. The number of rotatable bonds is 5. The summed E-state index contributed by atoms with van der Waals surface area (Å²) in [6, 6.07) is 21.1. The van der Waals surface area contributed by atoms with Crippen LogP contribution in [0.15, 0.2) is 60.7 Å². The zero-order valence-electron chi connectivity index (χ0n) is 18.9. The Morgan fingerprint density at radius 1 is 1.06 bits per heavy atom. The van der Waals surface area contributed by atoms with Crippen LogP contribution in [-0.2, 0) is 19.4 Å². The van der Waals surface area contributed by atoms with Crippen LogP contribution in [0.25, 0.3) is 32.3 Å². The number of hydrazine groups is 1. The van der Waals surface area contributed by atoms with E-state index >= 15 is 0 Å². The molecule has 0 bridgehead atoms. The number of aromatic carboxylic acids is 1. The van der Waals surface area contributed by atoms with Gasteiger partial charge in [-0.2, -0.15) is 0 Å². The van der Waals surface area contributed by atoms with Crippen molar-refractivity contribution in [2.75, 3.05) is 0 Å². The highest BCUT2D eigenvalue weighted by Gasteiger charge is 2.33. The predicted octanol–water partition coefficient (Wildman–Crippen LogP) is 6.41. The van der Waals surface area contributed by atoms with Crippen molar-refractivity contribution in [1.29, 1.82) is 0 Å². The van der Waals surface area contributed by atoms with Crippen LogP contribution in [0.2, 0.25) is 0 Å². The van der Waals surface area contributed by atoms with Gasteiger partial charge in [0.1, 0.15) is 0 Å². The third kappa shape index (κ3) is 4.08. The first-order chi connectivity index (χ1) is 15.9. The number of aryl methyl sites for hydroxylation is 1. The highest BCUT2D eigenvalue weighted by atomic mass is 32.1. The van der Waals surface area contributed by atoms with E-state index in [-0.39, 0.29) is 5.41 Å². The van der Waals surface area contributed by atoms with Crippen LogP contribution >= 0.6 is 11.3 Å². The molecule has 168 valence electrons. The minimum Gasteiger partial charge on any atom is -0.478 e. The normalized spacial score (nSPS) is 14.9. The summed E-state index contributed by atoms with van der Waals surface area (Å²) >= 11 is 1.64. The average Bonchev–Trinajstić information content (AvgIpc) is 3.16. The molecule has 0 fully saturated rings. The zero-order chi connectivity index (χ0) is 23.2. The number of carboxylic acid groups (broad SMARTS) is 1. The molecule has 0 saturated heterocycles. The van der Waals surface area contributed by atoms with Crippen molar-refractivity contribution in [2.24, 2.45) is 11.3 Å². The first kappa shape index (κ1) is 21.8. The predicted molar refractivity (Wildman–Crippen MR) is 136 cm³/mol. The molecule has 1 aromatic heterocycles. The minimum absolute atomic E-state index is 0.122. The van der Waals surface area contributed by atoms with Gasteiger partial charge >= 0.3 is 5.97 Å². The van der Waals surface area contributed by atoms with Gasteiger partial charge in [0.05, 0.1) is 5.56 Å². The van der Waals surface area contributed by atoms with Crippen LogP contribution in [-0.4, -0.2) is 11.1 Å². The largest absolute Gasteiger partial charge is 0.478 e. The van der Waals surface area contributed by atoms with E-state index in [0.29, 0.717) is 12.1 Å². The maximum absolute atomic E-state index is 12.4. The standard InChI is InChI=1S/C28H28N2O2S/c1-28(2)12-11-24-23(15-28)25(27(31)32)26(33-24)22-10-9-20(14-21(22)16-30-29)19-8-7-17-5-3-4-6-18(17)13-19/h3-10,13-14,30H,11-12,15-16,29H2,1-2H3,(H,31,32). The molecule has 4 N–H and O–H groups in total. The van der Waals surface area contributed by atoms with E-state index in [2.05, 4.69) is 67.8 Å². The maximum atomic E-state index is 12.4. The molecule has 5 rings (SSSR count). The number of hydrogen-bond donors (Lipinski definition) is 3. The number of nitrogens with one attached hydrogen (secondary N) is 1. The summed E-state index contributed by atoms with van der Waals surface area (Å²) in [5.41, 5.74) is 8.57. The lowest BCUT2D eigenvalue weighted by atomic mass is 9.76. The molecule has 33 heavy (non-hydrogen) atoms. The summed E-state index contributed by atoms with van der Waals surface area (Å²) in [5.74, 6) is 4.90. The first-order valence-electron chi connectivity index (χ1n) is 11.3. The molecule has 1 aliphatic rings. The number of carbonyl (C=O) groups is 1. The molecular formula is C28H28N2O2S. The quantitative estimate of drug-likeness (QED) is 0.239. The van der Waals surface area contributed by atoms with Crippen LogP contribution in [0.1, 0.15) is 46.6 Å². The van der Waals surface area contributed by atoms with E-state index < -0.39 is 5.97 Å². The average molecular weight is 457 g/mol. The molecule has 3 aromatic carbocycles. The van der Waals surface area contributed by atoms with E-state index in [1.165, 1.54) is 15.6 Å². The third-order valence-electron chi connectivity index (χ3n) is 6.71. The first-order valence-corrected chi connectivity index (χ1v) is 12.1. The zero-order valence-corrected chi connectivity index (χ0v) is 19.8. The van der Waals surface area contributed by atoms with Crippen molar-refractivity contribution in [3.63, 3.8) is 0 Å². The fourth-order valence-electron chi connectivity index (χ4n) is 4.96. The van der Waals surface area contributed by atoms with Gasteiger partial charge in [-0.25, -0.2) is 4.79 Å². The van der Waals surface area contributed by atoms with Gasteiger partial charge in [0.25, 0.3) is 0 Å². The van der Waals surface area contributed by atoms with Crippen molar-refractivity contribution in [3.05, 3.63) is 82.2 Å². The molecule has 0 aliphatic heterocycles. The highest BCUT2D eigenvalue weighted by molar-refractivity contribution is 7.16. The van der Waals surface area contributed by atoms with Crippen molar-refractivity contribution in [2.45, 2.75) is 39.7 Å². The molecule has 1 heterocycles. The van der Waals surface area contributed by atoms with Crippen LogP contribution in [0.5, 0.6) is 0 Å². The van der Waals surface area contributed by atoms with Crippen molar-refractivity contribution in [3.8, 4) is 21.6 Å². The molecule has 0 amide bonds. The Kier molecular flexibility index (Phi) is 5.57. The Balaban J connectivity index is 1.63. The van der Waals surface area contributed by atoms with E-state index in [4.69, 9.17) is 5.84 Å². The molecule has 1 aliphatic carbocycles. The molecular weight excluding hydrogens is 428 g/mol. The van der Waals surface area contributed by atoms with Gasteiger partial charge in [-0.3, -0.25) is 11.3 Å². The van der Waals surface area contributed by atoms with Gasteiger partial charge in [0.2, 0.25) is 0 Å². The molecule has 5 heteroatoms. The minimum atomic E-state index is -0.842. The van der Waals surface area contributed by atoms with Gasteiger partial charge in [0, 0.05) is 16.3 Å². The summed E-state index contributed by atoms with van der Waals surface area (Å²) in [6.45, 7) is 4.91. The lowest BCUT2D eigenvalue weighted by Gasteiger charge is -2.29. The number of thiophene rings is 1. The lowest BCUT2D eigenvalue weighted by molar-refractivity contribution is 0.0696. The Morgan fingerprint density at radius 3 is 2.55 bits per heavy atom. The van der Waals surface area contributed by atoms with E-state index in [0.717, 1.165) is 52.0 Å². The van der Waals surface area contributed by atoms with Crippen LogP contribution in [0.4, 0.5) is 0 Å². The Labute approximate surface area is 198 Å². The molecule has 0 radical (unpaired) electrons. The Hall–Kier alpha value is -2.99. The number of carboxylic acids is 1.